The van der Waals surface area contributed by atoms with Crippen molar-refractivity contribution in [3.8, 4) is 0 Å². The van der Waals surface area contributed by atoms with Gasteiger partial charge in [-0.2, -0.15) is 0 Å². The molecule has 0 unspecified atom stereocenters. The zero-order valence-electron chi connectivity index (χ0n) is 14.0. The van der Waals surface area contributed by atoms with Gasteiger partial charge in [0.25, 0.3) is 5.91 Å². The molecule has 1 amide bonds. The van der Waals surface area contributed by atoms with E-state index in [9.17, 15) is 9.59 Å². The Morgan fingerprint density at radius 2 is 1.79 bits per heavy atom. The first kappa shape index (κ1) is 16.1. The second-order valence-electron chi connectivity index (χ2n) is 6.35. The van der Waals surface area contributed by atoms with Crippen LogP contribution in [0.2, 0.25) is 0 Å². The monoisotopic (exact) mass is 324 g/mol. The van der Waals surface area contributed by atoms with E-state index in [0.29, 0.717) is 12.1 Å². The minimum Gasteiger partial charge on any atom is -0.465 e. The molecule has 0 spiro atoms. The Bertz CT molecular complexity index is 781. The molecule has 1 aliphatic heterocycles. The van der Waals surface area contributed by atoms with Gasteiger partial charge in [0.2, 0.25) is 0 Å². The summed E-state index contributed by atoms with van der Waals surface area (Å²) in [4.78, 5) is 26.1. The van der Waals surface area contributed by atoms with Crippen LogP contribution < -0.4 is 10.2 Å². The van der Waals surface area contributed by atoms with Crippen LogP contribution in [0.1, 0.15) is 29.8 Å². The number of nitrogens with one attached hydrogen (secondary N) is 1. The van der Waals surface area contributed by atoms with Gasteiger partial charge in [-0.25, -0.2) is 4.79 Å². The molecule has 24 heavy (non-hydrogen) atoms. The first-order valence-electron chi connectivity index (χ1n) is 7.79. The molecule has 1 aliphatic rings. The molecule has 124 valence electrons. The number of benzene rings is 2. The summed E-state index contributed by atoms with van der Waals surface area (Å²) in [6.07, 6.45) is 0. The summed E-state index contributed by atoms with van der Waals surface area (Å²) in [6, 6.07) is 14.9. The largest absolute Gasteiger partial charge is 0.465 e. The number of amides is 1. The molecule has 0 bridgehead atoms. The minimum absolute atomic E-state index is 0.0123. The lowest BCUT2D eigenvalue weighted by molar-refractivity contribution is -0.122. The normalized spacial score (nSPS) is 15.5. The summed E-state index contributed by atoms with van der Waals surface area (Å²) in [5.74, 6) is -0.357. The number of hydrogen-bond donors (Lipinski definition) is 1. The Morgan fingerprint density at radius 3 is 2.46 bits per heavy atom. The van der Waals surface area contributed by atoms with Gasteiger partial charge >= 0.3 is 5.97 Å². The average Bonchev–Trinajstić information content (AvgIpc) is 2.58. The van der Waals surface area contributed by atoms with Crippen LogP contribution in [0.3, 0.4) is 0 Å². The third kappa shape index (κ3) is 2.85. The van der Waals surface area contributed by atoms with Crippen molar-refractivity contribution in [2.24, 2.45) is 0 Å². The first-order valence-corrected chi connectivity index (χ1v) is 7.79. The molecule has 3 rings (SSSR count). The van der Waals surface area contributed by atoms with Crippen LogP contribution >= 0.6 is 0 Å². The Hall–Kier alpha value is -2.82. The van der Waals surface area contributed by atoms with Crippen LogP contribution in [0.4, 0.5) is 11.4 Å². The summed E-state index contributed by atoms with van der Waals surface area (Å²) >= 11 is 0. The van der Waals surface area contributed by atoms with Crippen LogP contribution in [0.15, 0.2) is 48.5 Å². The molecule has 0 aliphatic carbocycles. The van der Waals surface area contributed by atoms with Gasteiger partial charge in [0.1, 0.15) is 5.54 Å². The van der Waals surface area contributed by atoms with Gasteiger partial charge in [0.05, 0.1) is 30.6 Å². The Kier molecular flexibility index (Phi) is 4.01. The highest BCUT2D eigenvalue weighted by Gasteiger charge is 2.38. The number of hydrogen-bond acceptors (Lipinski definition) is 4. The molecule has 1 heterocycles. The van der Waals surface area contributed by atoms with E-state index in [4.69, 9.17) is 4.74 Å². The number of anilines is 2. The predicted octanol–water partition coefficient (Wildman–Crippen LogP) is 3.21. The smallest absolute Gasteiger partial charge is 0.337 e. The topological polar surface area (TPSA) is 58.6 Å². The zero-order valence-corrected chi connectivity index (χ0v) is 14.0. The molecule has 0 atom stereocenters. The van der Waals surface area contributed by atoms with E-state index >= 15 is 0 Å². The molecule has 0 aromatic heterocycles. The number of fused-ring (bicyclic) bond motifs is 1. The Balaban J connectivity index is 1.91. The van der Waals surface area contributed by atoms with Gasteiger partial charge in [0.15, 0.2) is 0 Å². The van der Waals surface area contributed by atoms with Crippen molar-refractivity contribution in [2.75, 3.05) is 17.3 Å². The van der Waals surface area contributed by atoms with Crippen molar-refractivity contribution in [1.29, 1.82) is 0 Å². The van der Waals surface area contributed by atoms with E-state index in [1.54, 1.807) is 17.0 Å². The first-order chi connectivity index (χ1) is 11.4. The van der Waals surface area contributed by atoms with Crippen molar-refractivity contribution < 1.29 is 14.3 Å². The van der Waals surface area contributed by atoms with Crippen LogP contribution in [0, 0.1) is 0 Å². The maximum absolute atomic E-state index is 12.8. The summed E-state index contributed by atoms with van der Waals surface area (Å²) in [6.45, 7) is 4.19. The lowest BCUT2D eigenvalue weighted by atomic mass is 9.97. The average molecular weight is 324 g/mol. The molecular weight excluding hydrogens is 304 g/mol. The van der Waals surface area contributed by atoms with Gasteiger partial charge in [0, 0.05) is 0 Å². The van der Waals surface area contributed by atoms with E-state index in [1.807, 2.05) is 50.2 Å². The van der Waals surface area contributed by atoms with Gasteiger partial charge in [-0.05, 0) is 43.7 Å². The molecule has 5 heteroatoms. The van der Waals surface area contributed by atoms with E-state index < -0.39 is 5.54 Å². The second-order valence-corrected chi connectivity index (χ2v) is 6.35. The fourth-order valence-corrected chi connectivity index (χ4v) is 2.86. The summed E-state index contributed by atoms with van der Waals surface area (Å²) in [5.41, 5.74) is 2.57. The number of carbonyl (C=O) groups is 2. The third-order valence-corrected chi connectivity index (χ3v) is 4.14. The summed E-state index contributed by atoms with van der Waals surface area (Å²) < 4.78 is 4.71. The highest BCUT2D eigenvalue weighted by molar-refractivity contribution is 6.07. The van der Waals surface area contributed by atoms with Gasteiger partial charge in [-0.1, -0.05) is 24.3 Å². The minimum atomic E-state index is -0.666. The number of esters is 1. The van der Waals surface area contributed by atoms with Gasteiger partial charge < -0.3 is 15.0 Å². The standard InChI is InChI=1S/C19H20N2O3/c1-19(2)18(23)21(16-7-5-4-6-15(16)20-19)12-13-8-10-14(11-9-13)17(22)24-3/h4-11,20H,12H2,1-3H3. The SMILES string of the molecule is COC(=O)c1ccc(CN2C(=O)C(C)(C)Nc3ccccc32)cc1. The zero-order chi connectivity index (χ0) is 17.3. The lowest BCUT2D eigenvalue weighted by Crippen LogP contribution is -2.53. The second kappa shape index (κ2) is 6.00. The van der Waals surface area contributed by atoms with E-state index in [0.717, 1.165) is 16.9 Å². The van der Waals surface area contributed by atoms with Gasteiger partial charge in [-0.3, -0.25) is 4.79 Å². The van der Waals surface area contributed by atoms with E-state index in [-0.39, 0.29) is 11.9 Å². The molecule has 0 saturated heterocycles. The van der Waals surface area contributed by atoms with E-state index in [1.165, 1.54) is 7.11 Å². The maximum atomic E-state index is 12.8. The van der Waals surface area contributed by atoms with E-state index in [2.05, 4.69) is 5.32 Å². The summed E-state index contributed by atoms with van der Waals surface area (Å²) in [5, 5.41) is 3.28. The Labute approximate surface area is 141 Å². The number of para-hydroxylation sites is 2. The van der Waals surface area contributed by atoms with Crippen LogP contribution in [-0.2, 0) is 16.1 Å². The number of nitrogens with zero attached hydrogens (tertiary/aromatic N) is 1. The molecule has 1 N–H and O–H groups in total. The Morgan fingerprint density at radius 1 is 1.12 bits per heavy atom. The molecule has 0 fully saturated rings. The fourth-order valence-electron chi connectivity index (χ4n) is 2.86. The lowest BCUT2D eigenvalue weighted by Gasteiger charge is -2.40. The number of ether oxygens (including phenoxy) is 1. The molecule has 2 aromatic carbocycles. The molecule has 0 saturated carbocycles. The predicted molar refractivity (Wildman–Crippen MR) is 93.1 cm³/mol. The molecule has 2 aromatic rings. The van der Waals surface area contributed by atoms with Crippen LogP contribution in [0.5, 0.6) is 0 Å². The van der Waals surface area contributed by atoms with Crippen LogP contribution in [0.25, 0.3) is 0 Å². The molecule has 5 nitrogen and oxygen atoms in total. The van der Waals surface area contributed by atoms with Crippen molar-refractivity contribution in [1.82, 2.24) is 0 Å². The quantitative estimate of drug-likeness (QED) is 0.881. The molecule has 0 radical (unpaired) electrons. The van der Waals surface area contributed by atoms with Crippen molar-refractivity contribution >= 4 is 23.3 Å². The van der Waals surface area contributed by atoms with Crippen molar-refractivity contribution in [2.45, 2.75) is 25.9 Å². The fraction of sp³-hybridized carbons (Fsp3) is 0.263. The number of methoxy groups -OCH3 is 1. The number of rotatable bonds is 3. The maximum Gasteiger partial charge on any atom is 0.337 e. The highest BCUT2D eigenvalue weighted by Crippen LogP contribution is 2.35. The third-order valence-electron chi connectivity index (χ3n) is 4.14. The number of carbonyl (C=O) groups excluding carboxylic acids is 2. The van der Waals surface area contributed by atoms with Gasteiger partial charge in [-0.15, -0.1) is 0 Å². The van der Waals surface area contributed by atoms with Crippen molar-refractivity contribution in [3.63, 3.8) is 0 Å². The van der Waals surface area contributed by atoms with Crippen LogP contribution in [-0.4, -0.2) is 24.5 Å². The summed E-state index contributed by atoms with van der Waals surface area (Å²) in [7, 11) is 1.36. The highest BCUT2D eigenvalue weighted by atomic mass is 16.5. The molecular formula is C19H20N2O3. The van der Waals surface area contributed by atoms with Crippen molar-refractivity contribution in [3.05, 3.63) is 59.7 Å².